The average molecular weight is 389 g/mol. The van der Waals surface area contributed by atoms with Gasteiger partial charge in [0.05, 0.1) is 6.61 Å². The molecule has 1 aromatic carbocycles. The van der Waals surface area contributed by atoms with E-state index in [0.29, 0.717) is 0 Å². The van der Waals surface area contributed by atoms with E-state index in [1.807, 2.05) is 45.0 Å². The molecule has 3 nitrogen and oxygen atoms in total. The molecule has 0 unspecified atom stereocenters. The predicted octanol–water partition coefficient (Wildman–Crippen LogP) is 7.34. The van der Waals surface area contributed by atoms with Crippen molar-refractivity contribution in [2.24, 2.45) is 0 Å². The van der Waals surface area contributed by atoms with E-state index in [1.54, 1.807) is 6.08 Å². The molecule has 28 heavy (non-hydrogen) atoms. The molecule has 0 fully saturated rings. The van der Waals surface area contributed by atoms with Crippen LogP contribution in [0.1, 0.15) is 97.5 Å². The lowest BCUT2D eigenvalue weighted by Gasteiger charge is -2.17. The van der Waals surface area contributed by atoms with Crippen LogP contribution in [0, 0.1) is 0 Å². The topological polar surface area (TPSA) is 35.5 Å². The minimum Gasteiger partial charge on any atom is -0.494 e. The van der Waals surface area contributed by atoms with Gasteiger partial charge >= 0.3 is 5.97 Å². The highest BCUT2D eigenvalue weighted by Gasteiger charge is 2.13. The fourth-order valence-electron chi connectivity index (χ4n) is 2.99. The normalized spacial score (nSPS) is 11.7. The maximum Gasteiger partial charge on any atom is 0.331 e. The van der Waals surface area contributed by atoms with E-state index in [1.165, 1.54) is 63.9 Å². The number of rotatable bonds is 14. The van der Waals surface area contributed by atoms with Crippen molar-refractivity contribution in [2.75, 3.05) is 6.61 Å². The minimum atomic E-state index is -0.471. The molecule has 0 aliphatic rings. The lowest BCUT2D eigenvalue weighted by atomic mass is 10.1. The second-order valence-corrected chi connectivity index (χ2v) is 8.47. The van der Waals surface area contributed by atoms with Gasteiger partial charge in [0, 0.05) is 6.08 Å². The van der Waals surface area contributed by atoms with Crippen LogP contribution in [-0.2, 0) is 9.53 Å². The van der Waals surface area contributed by atoms with Gasteiger partial charge in [-0.2, -0.15) is 0 Å². The molecule has 0 spiro atoms. The van der Waals surface area contributed by atoms with Gasteiger partial charge in [0.1, 0.15) is 11.4 Å². The van der Waals surface area contributed by atoms with Gasteiger partial charge in [0.2, 0.25) is 0 Å². The fourth-order valence-corrected chi connectivity index (χ4v) is 2.99. The predicted molar refractivity (Wildman–Crippen MR) is 119 cm³/mol. The largest absolute Gasteiger partial charge is 0.494 e. The number of carbonyl (C=O) groups is 1. The van der Waals surface area contributed by atoms with Crippen molar-refractivity contribution in [1.29, 1.82) is 0 Å². The van der Waals surface area contributed by atoms with Crippen molar-refractivity contribution in [2.45, 2.75) is 97.5 Å². The Kier molecular flexibility index (Phi) is 12.4. The Balaban J connectivity index is 2.17. The highest BCUT2D eigenvalue weighted by Crippen LogP contribution is 2.16. The third-order valence-corrected chi connectivity index (χ3v) is 4.44. The van der Waals surface area contributed by atoms with Crippen LogP contribution in [0.4, 0.5) is 0 Å². The molecular weight excluding hydrogens is 348 g/mol. The quantitative estimate of drug-likeness (QED) is 0.190. The van der Waals surface area contributed by atoms with E-state index in [0.717, 1.165) is 24.3 Å². The van der Waals surface area contributed by atoms with Crippen molar-refractivity contribution in [3.05, 3.63) is 35.9 Å². The monoisotopic (exact) mass is 388 g/mol. The summed E-state index contributed by atoms with van der Waals surface area (Å²) in [6.45, 7) is 8.59. The van der Waals surface area contributed by atoms with Crippen LogP contribution >= 0.6 is 0 Å². The lowest BCUT2D eigenvalue weighted by molar-refractivity contribution is -0.148. The maximum absolute atomic E-state index is 11.8. The molecule has 0 radical (unpaired) electrons. The fraction of sp³-hybridized carbons (Fsp3) is 0.640. The first-order chi connectivity index (χ1) is 13.4. The summed E-state index contributed by atoms with van der Waals surface area (Å²) in [4.78, 5) is 11.8. The number of unbranched alkanes of at least 4 members (excludes halogenated alkanes) is 9. The zero-order chi connectivity index (χ0) is 20.7. The Hall–Kier alpha value is -1.77. The first kappa shape index (κ1) is 24.3. The number of esters is 1. The van der Waals surface area contributed by atoms with E-state index in [-0.39, 0.29) is 5.97 Å². The summed E-state index contributed by atoms with van der Waals surface area (Å²) < 4.78 is 11.1. The summed E-state index contributed by atoms with van der Waals surface area (Å²) in [6.07, 6.45) is 16.5. The second kappa shape index (κ2) is 14.3. The van der Waals surface area contributed by atoms with Gasteiger partial charge in [0.25, 0.3) is 0 Å². The molecule has 1 rings (SSSR count). The molecule has 0 heterocycles. The second-order valence-electron chi connectivity index (χ2n) is 8.47. The summed E-state index contributed by atoms with van der Waals surface area (Å²) in [7, 11) is 0. The molecule has 1 aromatic rings. The third kappa shape index (κ3) is 13.4. The molecule has 0 saturated carbocycles. The SMILES string of the molecule is CCCCCCCCCCCCOc1cccc(C=CC(=O)OC(C)(C)C)c1. The van der Waals surface area contributed by atoms with Gasteiger partial charge < -0.3 is 9.47 Å². The standard InChI is InChI=1S/C25H40O3/c1-5-6-7-8-9-10-11-12-13-14-20-27-23-17-15-16-22(21-23)18-19-24(26)28-25(2,3)4/h15-19,21H,5-14,20H2,1-4H3. The highest BCUT2D eigenvalue weighted by atomic mass is 16.6. The molecule has 0 amide bonds. The van der Waals surface area contributed by atoms with E-state index >= 15 is 0 Å². The number of benzene rings is 1. The smallest absolute Gasteiger partial charge is 0.331 e. The van der Waals surface area contributed by atoms with Crippen molar-refractivity contribution in [3.63, 3.8) is 0 Å². The van der Waals surface area contributed by atoms with Crippen molar-refractivity contribution < 1.29 is 14.3 Å². The number of hydrogen-bond acceptors (Lipinski definition) is 3. The van der Waals surface area contributed by atoms with Crippen molar-refractivity contribution in [1.82, 2.24) is 0 Å². The van der Waals surface area contributed by atoms with Crippen molar-refractivity contribution >= 4 is 12.0 Å². The number of ether oxygens (including phenoxy) is 2. The zero-order valence-corrected chi connectivity index (χ0v) is 18.5. The Morgan fingerprint density at radius 3 is 2.14 bits per heavy atom. The van der Waals surface area contributed by atoms with Crippen LogP contribution in [0.5, 0.6) is 5.75 Å². The minimum absolute atomic E-state index is 0.329. The van der Waals surface area contributed by atoms with E-state index in [2.05, 4.69) is 6.92 Å². The summed E-state index contributed by atoms with van der Waals surface area (Å²) in [5, 5.41) is 0. The van der Waals surface area contributed by atoms with E-state index in [9.17, 15) is 4.79 Å². The van der Waals surface area contributed by atoms with Gasteiger partial charge in [-0.1, -0.05) is 76.8 Å². The summed E-state index contributed by atoms with van der Waals surface area (Å²) in [5.74, 6) is 0.520. The van der Waals surface area contributed by atoms with Gasteiger partial charge in [-0.15, -0.1) is 0 Å². The lowest BCUT2D eigenvalue weighted by Crippen LogP contribution is -2.22. The van der Waals surface area contributed by atoms with Crippen LogP contribution < -0.4 is 4.74 Å². The molecule has 0 saturated heterocycles. The van der Waals surface area contributed by atoms with Gasteiger partial charge in [-0.25, -0.2) is 4.79 Å². The van der Waals surface area contributed by atoms with Gasteiger partial charge in [-0.3, -0.25) is 0 Å². The van der Waals surface area contributed by atoms with E-state index in [4.69, 9.17) is 9.47 Å². The first-order valence-corrected chi connectivity index (χ1v) is 11.0. The molecular formula is C25H40O3. The summed E-state index contributed by atoms with van der Waals surface area (Å²) >= 11 is 0. The number of hydrogen-bond donors (Lipinski definition) is 0. The van der Waals surface area contributed by atoms with Crippen LogP contribution in [0.15, 0.2) is 30.3 Å². The van der Waals surface area contributed by atoms with Crippen LogP contribution in [0.3, 0.4) is 0 Å². The molecule has 0 aliphatic carbocycles. The molecule has 0 bridgehead atoms. The molecule has 0 N–H and O–H groups in total. The van der Waals surface area contributed by atoms with Crippen LogP contribution in [0.25, 0.3) is 6.08 Å². The van der Waals surface area contributed by atoms with Crippen LogP contribution in [0.2, 0.25) is 0 Å². The number of carbonyl (C=O) groups excluding carboxylic acids is 1. The van der Waals surface area contributed by atoms with Gasteiger partial charge in [-0.05, 0) is 51.0 Å². The molecule has 0 atom stereocenters. The zero-order valence-electron chi connectivity index (χ0n) is 18.5. The Labute approximate surface area is 172 Å². The molecule has 158 valence electrons. The first-order valence-electron chi connectivity index (χ1n) is 11.0. The Morgan fingerprint density at radius 1 is 0.929 bits per heavy atom. The summed E-state index contributed by atoms with van der Waals surface area (Å²) in [5.41, 5.74) is 0.466. The average Bonchev–Trinajstić information content (AvgIpc) is 2.63. The Bertz CT molecular complexity index is 569. The van der Waals surface area contributed by atoms with Crippen molar-refractivity contribution in [3.8, 4) is 5.75 Å². The van der Waals surface area contributed by atoms with E-state index < -0.39 is 5.60 Å². The van der Waals surface area contributed by atoms with Gasteiger partial charge in [0.15, 0.2) is 0 Å². The Morgan fingerprint density at radius 2 is 1.54 bits per heavy atom. The molecule has 0 aliphatic heterocycles. The molecule has 0 aromatic heterocycles. The molecule has 3 heteroatoms. The summed E-state index contributed by atoms with van der Waals surface area (Å²) in [6, 6.07) is 7.81. The van der Waals surface area contributed by atoms with Crippen LogP contribution in [-0.4, -0.2) is 18.2 Å². The highest BCUT2D eigenvalue weighted by molar-refractivity contribution is 5.87. The third-order valence-electron chi connectivity index (χ3n) is 4.44. The maximum atomic E-state index is 11.8.